The van der Waals surface area contributed by atoms with E-state index in [1.807, 2.05) is 0 Å². The lowest BCUT2D eigenvalue weighted by Crippen LogP contribution is -2.42. The Kier molecular flexibility index (Phi) is 3.07. The Morgan fingerprint density at radius 1 is 1.42 bits per heavy atom. The molecule has 0 saturated heterocycles. The molecule has 4 nitrogen and oxygen atoms in total. The van der Waals surface area contributed by atoms with Crippen LogP contribution < -0.4 is 11.3 Å². The fourth-order valence-corrected chi connectivity index (χ4v) is 2.83. The number of hydrogen-bond acceptors (Lipinski definition) is 3. The molecule has 3 N–H and O–H groups in total. The molecule has 1 aliphatic carbocycles. The van der Waals surface area contributed by atoms with Crippen molar-refractivity contribution < 1.29 is 0 Å². The van der Waals surface area contributed by atoms with Gasteiger partial charge >= 0.3 is 0 Å². The summed E-state index contributed by atoms with van der Waals surface area (Å²) in [6, 6.07) is 8.76. The number of fused-ring (bicyclic) bond motifs is 1. The number of rotatable bonds is 5. The van der Waals surface area contributed by atoms with E-state index in [0.717, 1.165) is 18.7 Å². The SMILES string of the molecule is CCn1nc(CC(NN)C2(C)CC2)c2ccccc21. The molecular weight excluding hydrogens is 236 g/mol. The monoisotopic (exact) mass is 258 g/mol. The van der Waals surface area contributed by atoms with E-state index in [-0.39, 0.29) is 0 Å². The van der Waals surface area contributed by atoms with Gasteiger partial charge in [-0.2, -0.15) is 5.10 Å². The second kappa shape index (κ2) is 4.62. The number of para-hydroxylation sites is 1. The van der Waals surface area contributed by atoms with Crippen molar-refractivity contribution in [3.05, 3.63) is 30.0 Å². The van der Waals surface area contributed by atoms with Crippen LogP contribution in [0.4, 0.5) is 0 Å². The number of nitrogens with two attached hydrogens (primary N) is 1. The molecule has 102 valence electrons. The van der Waals surface area contributed by atoms with Gasteiger partial charge in [0, 0.05) is 24.4 Å². The lowest BCUT2D eigenvalue weighted by atomic mass is 9.94. The zero-order valence-electron chi connectivity index (χ0n) is 11.7. The van der Waals surface area contributed by atoms with E-state index >= 15 is 0 Å². The van der Waals surface area contributed by atoms with Gasteiger partial charge in [0.05, 0.1) is 11.2 Å². The molecule has 1 aliphatic rings. The molecular formula is C15H22N4. The Bertz CT molecular complexity index is 583. The number of hydrogen-bond donors (Lipinski definition) is 2. The molecule has 4 heteroatoms. The summed E-state index contributed by atoms with van der Waals surface area (Å²) in [6.07, 6.45) is 3.42. The van der Waals surface area contributed by atoms with Crippen molar-refractivity contribution in [1.82, 2.24) is 15.2 Å². The van der Waals surface area contributed by atoms with Crippen molar-refractivity contribution in [2.45, 2.75) is 45.7 Å². The van der Waals surface area contributed by atoms with Crippen LogP contribution in [0.25, 0.3) is 10.9 Å². The molecule has 0 radical (unpaired) electrons. The van der Waals surface area contributed by atoms with E-state index in [1.165, 1.54) is 23.7 Å². The number of hydrazine groups is 1. The van der Waals surface area contributed by atoms with E-state index in [0.29, 0.717) is 11.5 Å². The number of nitrogens with one attached hydrogen (secondary N) is 1. The summed E-state index contributed by atoms with van der Waals surface area (Å²) in [4.78, 5) is 0. The van der Waals surface area contributed by atoms with Crippen molar-refractivity contribution >= 4 is 10.9 Å². The highest BCUT2D eigenvalue weighted by molar-refractivity contribution is 5.82. The van der Waals surface area contributed by atoms with Crippen molar-refractivity contribution in [2.24, 2.45) is 11.3 Å². The molecule has 1 aromatic carbocycles. The highest BCUT2D eigenvalue weighted by Gasteiger charge is 2.44. The van der Waals surface area contributed by atoms with Crippen LogP contribution in [0.15, 0.2) is 24.3 Å². The summed E-state index contributed by atoms with van der Waals surface area (Å²) < 4.78 is 2.08. The predicted octanol–water partition coefficient (Wildman–Crippen LogP) is 2.23. The van der Waals surface area contributed by atoms with Gasteiger partial charge in [-0.05, 0) is 31.2 Å². The third kappa shape index (κ3) is 2.15. The average molecular weight is 258 g/mol. The zero-order valence-corrected chi connectivity index (χ0v) is 11.7. The summed E-state index contributed by atoms with van der Waals surface area (Å²) in [5.41, 5.74) is 5.73. The van der Waals surface area contributed by atoms with Gasteiger partial charge in [-0.15, -0.1) is 0 Å². The van der Waals surface area contributed by atoms with E-state index in [9.17, 15) is 0 Å². The average Bonchev–Trinajstić information content (AvgIpc) is 3.08. The summed E-state index contributed by atoms with van der Waals surface area (Å²) in [5, 5.41) is 6.02. The van der Waals surface area contributed by atoms with Crippen molar-refractivity contribution in [3.8, 4) is 0 Å². The van der Waals surface area contributed by atoms with E-state index in [4.69, 9.17) is 10.9 Å². The predicted molar refractivity (Wildman–Crippen MR) is 77.6 cm³/mol. The molecule has 1 atom stereocenters. The highest BCUT2D eigenvalue weighted by atomic mass is 15.3. The first-order chi connectivity index (χ1) is 9.18. The first-order valence-corrected chi connectivity index (χ1v) is 7.08. The number of benzene rings is 1. The molecule has 19 heavy (non-hydrogen) atoms. The standard InChI is InChI=1S/C15H22N4/c1-3-19-13-7-5-4-6-11(13)12(18-19)10-14(17-16)15(2)8-9-15/h4-7,14,17H,3,8-10,16H2,1-2H3. The van der Waals surface area contributed by atoms with Crippen LogP contribution >= 0.6 is 0 Å². The highest BCUT2D eigenvalue weighted by Crippen LogP contribution is 2.48. The van der Waals surface area contributed by atoms with Gasteiger partial charge in [-0.1, -0.05) is 25.1 Å². The quantitative estimate of drug-likeness (QED) is 0.639. The summed E-state index contributed by atoms with van der Waals surface area (Å²) >= 11 is 0. The molecule has 1 unspecified atom stereocenters. The smallest absolute Gasteiger partial charge is 0.0719 e. The molecule has 1 saturated carbocycles. The third-order valence-corrected chi connectivity index (χ3v) is 4.51. The topological polar surface area (TPSA) is 55.9 Å². The zero-order chi connectivity index (χ0) is 13.5. The van der Waals surface area contributed by atoms with Crippen molar-refractivity contribution in [2.75, 3.05) is 0 Å². The normalized spacial score (nSPS) is 18.7. The Morgan fingerprint density at radius 3 is 2.79 bits per heavy atom. The minimum absolute atomic E-state index is 0.316. The van der Waals surface area contributed by atoms with Crippen LogP contribution in [0, 0.1) is 5.41 Å². The largest absolute Gasteiger partial charge is 0.271 e. The fraction of sp³-hybridized carbons (Fsp3) is 0.533. The Labute approximate surface area is 113 Å². The minimum atomic E-state index is 0.316. The molecule has 0 spiro atoms. The molecule has 0 bridgehead atoms. The van der Waals surface area contributed by atoms with Crippen LogP contribution in [0.5, 0.6) is 0 Å². The maximum atomic E-state index is 5.75. The van der Waals surface area contributed by atoms with Gasteiger partial charge in [0.15, 0.2) is 0 Å². The molecule has 0 aliphatic heterocycles. The Balaban J connectivity index is 1.96. The van der Waals surface area contributed by atoms with Gasteiger partial charge < -0.3 is 0 Å². The third-order valence-electron chi connectivity index (χ3n) is 4.51. The van der Waals surface area contributed by atoms with Gasteiger partial charge in [0.1, 0.15) is 0 Å². The Morgan fingerprint density at radius 2 is 2.16 bits per heavy atom. The summed E-state index contributed by atoms with van der Waals surface area (Å²) in [5.74, 6) is 5.75. The fourth-order valence-electron chi connectivity index (χ4n) is 2.83. The molecule has 1 aromatic heterocycles. The maximum Gasteiger partial charge on any atom is 0.0719 e. The van der Waals surface area contributed by atoms with E-state index in [2.05, 4.69) is 48.2 Å². The van der Waals surface area contributed by atoms with Crippen molar-refractivity contribution in [3.63, 3.8) is 0 Å². The second-order valence-corrected chi connectivity index (χ2v) is 5.86. The number of aromatic nitrogens is 2. The molecule has 1 heterocycles. The summed E-state index contributed by atoms with van der Waals surface area (Å²) in [6.45, 7) is 5.33. The molecule has 3 rings (SSSR count). The first-order valence-electron chi connectivity index (χ1n) is 7.08. The second-order valence-electron chi connectivity index (χ2n) is 5.86. The minimum Gasteiger partial charge on any atom is -0.271 e. The van der Waals surface area contributed by atoms with Gasteiger partial charge in [-0.25, -0.2) is 0 Å². The Hall–Kier alpha value is -1.39. The lowest BCUT2D eigenvalue weighted by Gasteiger charge is -2.21. The molecule has 1 fully saturated rings. The van der Waals surface area contributed by atoms with Crippen LogP contribution in [-0.2, 0) is 13.0 Å². The number of nitrogens with zero attached hydrogens (tertiary/aromatic N) is 2. The van der Waals surface area contributed by atoms with E-state index in [1.54, 1.807) is 0 Å². The van der Waals surface area contributed by atoms with Crippen LogP contribution in [0.1, 0.15) is 32.4 Å². The van der Waals surface area contributed by atoms with Gasteiger partial charge in [0.2, 0.25) is 0 Å². The first kappa shape index (κ1) is 12.6. The van der Waals surface area contributed by atoms with E-state index < -0.39 is 0 Å². The van der Waals surface area contributed by atoms with Crippen LogP contribution in [0.2, 0.25) is 0 Å². The van der Waals surface area contributed by atoms with Gasteiger partial charge in [-0.3, -0.25) is 16.0 Å². The van der Waals surface area contributed by atoms with Crippen LogP contribution in [0.3, 0.4) is 0 Å². The number of aryl methyl sites for hydroxylation is 1. The maximum absolute atomic E-state index is 5.75. The van der Waals surface area contributed by atoms with Gasteiger partial charge in [0.25, 0.3) is 0 Å². The molecule has 2 aromatic rings. The summed E-state index contributed by atoms with van der Waals surface area (Å²) in [7, 11) is 0. The van der Waals surface area contributed by atoms with Crippen molar-refractivity contribution in [1.29, 1.82) is 0 Å². The lowest BCUT2D eigenvalue weighted by molar-refractivity contribution is 0.356. The van der Waals surface area contributed by atoms with Crippen LogP contribution in [-0.4, -0.2) is 15.8 Å². The molecule has 0 amide bonds.